The molecule has 8 heteroatoms. The highest BCUT2D eigenvalue weighted by Gasteiger charge is 2.16. The van der Waals surface area contributed by atoms with Crippen molar-refractivity contribution in [2.75, 3.05) is 4.72 Å². The Hall–Kier alpha value is -2.19. The van der Waals surface area contributed by atoms with Crippen LogP contribution in [0.4, 0.5) is 10.2 Å². The first-order valence-corrected chi connectivity index (χ1v) is 9.88. The quantitative estimate of drug-likeness (QED) is 0.655. The Bertz CT molecular complexity index is 957. The van der Waals surface area contributed by atoms with Crippen LogP contribution in [0.3, 0.4) is 0 Å². The zero-order valence-electron chi connectivity index (χ0n) is 13.1. The van der Waals surface area contributed by atoms with Crippen LogP contribution < -0.4 is 4.72 Å². The molecular formula is C17H15BrFN3O2S. The monoisotopic (exact) mass is 423 g/mol. The zero-order chi connectivity index (χ0) is 17.9. The summed E-state index contributed by atoms with van der Waals surface area (Å²) in [6, 6.07) is 15.0. The summed E-state index contributed by atoms with van der Waals surface area (Å²) in [5.74, 6) is -0.219. The van der Waals surface area contributed by atoms with Crippen LogP contribution in [0.25, 0.3) is 0 Å². The fourth-order valence-electron chi connectivity index (χ4n) is 2.30. The van der Waals surface area contributed by atoms with Crippen LogP contribution in [0.15, 0.2) is 65.3 Å². The van der Waals surface area contributed by atoms with Crippen LogP contribution in [0, 0.1) is 5.82 Å². The predicted octanol–water partition coefficient (Wildman–Crippen LogP) is 3.77. The van der Waals surface area contributed by atoms with Crippen molar-refractivity contribution >= 4 is 31.8 Å². The van der Waals surface area contributed by atoms with Crippen molar-refractivity contribution < 1.29 is 12.8 Å². The van der Waals surface area contributed by atoms with E-state index in [1.807, 2.05) is 6.07 Å². The summed E-state index contributed by atoms with van der Waals surface area (Å²) >= 11 is 3.31. The smallest absolute Gasteiger partial charge is 0.238 e. The number of halogens is 2. The molecule has 3 rings (SSSR count). The first kappa shape index (κ1) is 17.6. The standard InChI is InChI=1S/C17H15BrFN3O2S/c18-16-11-22(10-13-6-8-15(19)9-7-13)20-17(16)21-25(23,24)12-14-4-2-1-3-5-14/h1-9,11H,10,12H2,(H,20,21). The summed E-state index contributed by atoms with van der Waals surface area (Å²) in [5.41, 5.74) is 1.55. The van der Waals surface area contributed by atoms with Crippen LogP contribution in [0.5, 0.6) is 0 Å². The topological polar surface area (TPSA) is 64.0 Å². The maximum Gasteiger partial charge on any atom is 0.238 e. The van der Waals surface area contributed by atoms with E-state index in [1.54, 1.807) is 47.3 Å². The third kappa shape index (κ3) is 4.90. The van der Waals surface area contributed by atoms with E-state index in [4.69, 9.17) is 0 Å². The molecule has 0 fully saturated rings. The molecule has 1 N–H and O–H groups in total. The molecule has 0 saturated heterocycles. The van der Waals surface area contributed by atoms with Gasteiger partial charge in [-0.3, -0.25) is 9.40 Å². The molecule has 130 valence electrons. The van der Waals surface area contributed by atoms with Gasteiger partial charge in [0.05, 0.1) is 16.8 Å². The van der Waals surface area contributed by atoms with Gasteiger partial charge in [0.2, 0.25) is 10.0 Å². The van der Waals surface area contributed by atoms with Crippen molar-refractivity contribution in [2.24, 2.45) is 0 Å². The van der Waals surface area contributed by atoms with E-state index in [2.05, 4.69) is 25.8 Å². The van der Waals surface area contributed by atoms with Crippen LogP contribution >= 0.6 is 15.9 Å². The minimum atomic E-state index is -3.58. The van der Waals surface area contributed by atoms with Crippen molar-refractivity contribution in [3.05, 3.63) is 82.2 Å². The molecule has 0 bridgehead atoms. The largest absolute Gasteiger partial charge is 0.265 e. The Morgan fingerprint density at radius 3 is 2.40 bits per heavy atom. The van der Waals surface area contributed by atoms with Gasteiger partial charge in [0.25, 0.3) is 0 Å². The molecule has 0 amide bonds. The second kappa shape index (κ2) is 7.37. The van der Waals surface area contributed by atoms with Gasteiger partial charge >= 0.3 is 0 Å². The number of rotatable bonds is 6. The Morgan fingerprint density at radius 2 is 1.72 bits per heavy atom. The molecule has 1 heterocycles. The van der Waals surface area contributed by atoms with Gasteiger partial charge in [0.15, 0.2) is 5.82 Å². The molecule has 0 radical (unpaired) electrons. The molecule has 1 aromatic heterocycles. The van der Waals surface area contributed by atoms with E-state index in [1.165, 1.54) is 12.1 Å². The molecule has 25 heavy (non-hydrogen) atoms. The van der Waals surface area contributed by atoms with Gasteiger partial charge in [0.1, 0.15) is 5.82 Å². The summed E-state index contributed by atoms with van der Waals surface area (Å²) < 4.78 is 42.2. The molecule has 5 nitrogen and oxygen atoms in total. The lowest BCUT2D eigenvalue weighted by Crippen LogP contribution is -2.16. The number of nitrogens with one attached hydrogen (secondary N) is 1. The molecule has 0 aliphatic carbocycles. The highest BCUT2D eigenvalue weighted by atomic mass is 79.9. The van der Waals surface area contributed by atoms with Crippen molar-refractivity contribution in [3.8, 4) is 0 Å². The molecule has 3 aromatic rings. The lowest BCUT2D eigenvalue weighted by molar-refractivity contribution is 0.599. The normalized spacial score (nSPS) is 11.4. The van der Waals surface area contributed by atoms with Gasteiger partial charge < -0.3 is 0 Å². The third-order valence-electron chi connectivity index (χ3n) is 3.43. The van der Waals surface area contributed by atoms with E-state index < -0.39 is 10.0 Å². The van der Waals surface area contributed by atoms with Crippen LogP contribution in [0.1, 0.15) is 11.1 Å². The highest BCUT2D eigenvalue weighted by Crippen LogP contribution is 2.22. The summed E-state index contributed by atoms with van der Waals surface area (Å²) in [6.07, 6.45) is 1.67. The minimum Gasteiger partial charge on any atom is -0.265 e. The van der Waals surface area contributed by atoms with Crippen molar-refractivity contribution in [3.63, 3.8) is 0 Å². The fraction of sp³-hybridized carbons (Fsp3) is 0.118. The lowest BCUT2D eigenvalue weighted by Gasteiger charge is -2.06. The van der Waals surface area contributed by atoms with Crippen LogP contribution in [0.2, 0.25) is 0 Å². The maximum absolute atomic E-state index is 13.0. The number of anilines is 1. The molecular weight excluding hydrogens is 409 g/mol. The molecule has 2 aromatic carbocycles. The van der Waals surface area contributed by atoms with Gasteiger partial charge in [-0.2, -0.15) is 5.10 Å². The summed E-state index contributed by atoms with van der Waals surface area (Å²) in [5, 5.41) is 4.24. The fourth-order valence-corrected chi connectivity index (χ4v) is 4.00. The molecule has 0 aliphatic rings. The first-order chi connectivity index (χ1) is 11.9. The summed E-state index contributed by atoms with van der Waals surface area (Å²) in [4.78, 5) is 0. The lowest BCUT2D eigenvalue weighted by atomic mass is 10.2. The number of hydrogen-bond acceptors (Lipinski definition) is 3. The number of aromatic nitrogens is 2. The van der Waals surface area contributed by atoms with E-state index in [-0.39, 0.29) is 17.4 Å². The predicted molar refractivity (Wildman–Crippen MR) is 98.1 cm³/mol. The average molecular weight is 424 g/mol. The van der Waals surface area contributed by atoms with Crippen LogP contribution in [-0.2, 0) is 22.3 Å². The van der Waals surface area contributed by atoms with E-state index in [0.29, 0.717) is 16.6 Å². The van der Waals surface area contributed by atoms with Crippen molar-refractivity contribution in [1.29, 1.82) is 0 Å². The van der Waals surface area contributed by atoms with Gasteiger partial charge in [0, 0.05) is 6.20 Å². The summed E-state index contributed by atoms with van der Waals surface area (Å²) in [6.45, 7) is 0.402. The molecule has 0 saturated carbocycles. The molecule has 0 aliphatic heterocycles. The number of benzene rings is 2. The Labute approximate surface area is 153 Å². The Kier molecular flexibility index (Phi) is 5.19. The Balaban J connectivity index is 1.72. The van der Waals surface area contributed by atoms with E-state index in [9.17, 15) is 12.8 Å². The number of hydrogen-bond donors (Lipinski definition) is 1. The average Bonchev–Trinajstić information content (AvgIpc) is 2.89. The molecule has 0 spiro atoms. The van der Waals surface area contributed by atoms with E-state index >= 15 is 0 Å². The first-order valence-electron chi connectivity index (χ1n) is 7.43. The van der Waals surface area contributed by atoms with Gasteiger partial charge in [-0.15, -0.1) is 0 Å². The van der Waals surface area contributed by atoms with Crippen molar-refractivity contribution in [1.82, 2.24) is 9.78 Å². The molecule has 0 unspecified atom stereocenters. The second-order valence-electron chi connectivity index (χ2n) is 5.50. The van der Waals surface area contributed by atoms with Crippen molar-refractivity contribution in [2.45, 2.75) is 12.3 Å². The van der Waals surface area contributed by atoms with E-state index in [0.717, 1.165) is 5.56 Å². The zero-order valence-corrected chi connectivity index (χ0v) is 15.5. The Morgan fingerprint density at radius 1 is 1.04 bits per heavy atom. The highest BCUT2D eigenvalue weighted by molar-refractivity contribution is 9.10. The maximum atomic E-state index is 13.0. The van der Waals surface area contributed by atoms with Crippen LogP contribution in [-0.4, -0.2) is 18.2 Å². The molecule has 0 atom stereocenters. The third-order valence-corrected chi connectivity index (χ3v) is 5.22. The van der Waals surface area contributed by atoms with Gasteiger partial charge in [-0.05, 0) is 39.2 Å². The van der Waals surface area contributed by atoms with Gasteiger partial charge in [-0.25, -0.2) is 12.8 Å². The number of nitrogens with zero attached hydrogens (tertiary/aromatic N) is 2. The second-order valence-corrected chi connectivity index (χ2v) is 8.07. The van der Waals surface area contributed by atoms with Gasteiger partial charge in [-0.1, -0.05) is 42.5 Å². The minimum absolute atomic E-state index is 0.134. The SMILES string of the molecule is O=S(=O)(Cc1ccccc1)Nc1nn(Cc2ccc(F)cc2)cc1Br. The summed E-state index contributed by atoms with van der Waals surface area (Å²) in [7, 11) is -3.58. The number of sulfonamides is 1.